The number of hydrogen-bond acceptors (Lipinski definition) is 0. The highest BCUT2D eigenvalue weighted by molar-refractivity contribution is 5.86. The van der Waals surface area contributed by atoms with Crippen LogP contribution in [0.1, 0.15) is 347 Å². The summed E-state index contributed by atoms with van der Waals surface area (Å²) in [5, 5.41) is 6.78. The second kappa shape index (κ2) is 49.1. The number of aromatic amines is 2. The number of benzene rings is 8. The number of aromatic nitrogens is 2. The quantitative estimate of drug-likeness (QED) is 0.109. The summed E-state index contributed by atoms with van der Waals surface area (Å²) >= 11 is 0. The number of hydrogen-bond donors (Lipinski definition) is 2. The summed E-state index contributed by atoms with van der Waals surface area (Å²) in [6.45, 7) is 68.7. The van der Waals surface area contributed by atoms with Gasteiger partial charge < -0.3 is 9.97 Å². The van der Waals surface area contributed by atoms with Gasteiger partial charge in [-0.1, -0.05) is 445 Å². The Morgan fingerprint density at radius 3 is 1.13 bits per heavy atom. The Hall–Kier alpha value is -6.90. The topological polar surface area (TPSA) is 31.6 Å². The lowest BCUT2D eigenvalue weighted by molar-refractivity contribution is 0.241. The van der Waals surface area contributed by atoms with Crippen LogP contribution in [0.15, 0.2) is 213 Å². The average molecular weight is 1590 g/mol. The highest BCUT2D eigenvalue weighted by Gasteiger charge is 2.22. The molecule has 646 valence electrons. The number of para-hydroxylation sites is 1. The van der Waals surface area contributed by atoms with Gasteiger partial charge in [0.15, 0.2) is 0 Å². The second-order valence-corrected chi connectivity index (χ2v) is 46.3. The number of fused-ring (bicyclic) bond motifs is 3. The Morgan fingerprint density at radius 2 is 0.675 bits per heavy atom. The van der Waals surface area contributed by atoms with Crippen molar-refractivity contribution in [3.8, 4) is 0 Å². The first-order valence-electron chi connectivity index (χ1n) is 46.1. The third-order valence-corrected chi connectivity index (χ3v) is 22.0. The third-order valence-electron chi connectivity index (χ3n) is 22.0. The summed E-state index contributed by atoms with van der Waals surface area (Å²) in [5.41, 5.74) is 17.9. The summed E-state index contributed by atoms with van der Waals surface area (Å²) in [5.74, 6) is 3.12. The van der Waals surface area contributed by atoms with E-state index in [1.54, 1.807) is 0 Å². The van der Waals surface area contributed by atoms with E-state index in [0.29, 0.717) is 48.7 Å². The van der Waals surface area contributed by atoms with Gasteiger partial charge in [-0.25, -0.2) is 0 Å². The molecular weight excluding hydrogens is 1410 g/mol. The van der Waals surface area contributed by atoms with Crippen molar-refractivity contribution in [1.29, 1.82) is 0 Å². The van der Waals surface area contributed by atoms with Crippen LogP contribution in [0.5, 0.6) is 0 Å². The Bertz CT molecular complexity index is 4130. The van der Waals surface area contributed by atoms with Crippen LogP contribution in [0.4, 0.5) is 0 Å². The third kappa shape index (κ3) is 50.7. The molecule has 2 nitrogen and oxygen atoms in total. The minimum atomic E-state index is 0.351. The fraction of sp³-hybridized carbons (Fsp3) is 0.565. The lowest BCUT2D eigenvalue weighted by Gasteiger charge is -2.28. The molecule has 10 aromatic rings. The zero-order valence-corrected chi connectivity index (χ0v) is 81.2. The molecule has 0 amide bonds. The monoisotopic (exact) mass is 1590 g/mol. The van der Waals surface area contributed by atoms with Crippen molar-refractivity contribution in [1.82, 2.24) is 9.97 Å². The predicted molar refractivity (Wildman–Crippen MR) is 527 cm³/mol. The maximum atomic E-state index is 3.31. The van der Waals surface area contributed by atoms with Gasteiger partial charge in [0.05, 0.1) is 0 Å². The van der Waals surface area contributed by atoms with Crippen LogP contribution in [0, 0.1) is 80.3 Å². The fourth-order valence-electron chi connectivity index (χ4n) is 15.0. The van der Waals surface area contributed by atoms with Crippen LogP contribution in [0.2, 0.25) is 0 Å². The SMILES string of the molecule is CC(C)(C)CCC1CCCCC1.CC(C)(C)CCc1ccccc1.CC(C)(C)Cc1c[nH]c2ccccc12.CC(C)(C)Cc1ccc2ccccc2c1.CC(C)(C)Cc1ccc[nH]1.CC(C)(C)Cc1cccc2ccccc12.CC1CCC(CCC(C)(C)C)CC1.Cc1ccc(CCC(C)(C)C)cc1.Cc1ccc(CCC(C)(C)C)cc1. The van der Waals surface area contributed by atoms with Gasteiger partial charge in [-0.15, -0.1) is 0 Å². The molecule has 2 heterocycles. The Balaban J connectivity index is 0.000000278. The molecule has 2 fully saturated rings. The molecule has 12 rings (SSSR count). The molecular formula is C115H176N2. The van der Waals surface area contributed by atoms with Gasteiger partial charge in [-0.2, -0.15) is 0 Å². The molecule has 2 aromatic heterocycles. The van der Waals surface area contributed by atoms with Gasteiger partial charge in [0.1, 0.15) is 0 Å². The number of nitrogens with one attached hydrogen (secondary N) is 2. The minimum Gasteiger partial charge on any atom is -0.365 e. The molecule has 0 aliphatic heterocycles. The summed E-state index contributed by atoms with van der Waals surface area (Å²) < 4.78 is 0. The van der Waals surface area contributed by atoms with Gasteiger partial charge in [-0.3, -0.25) is 0 Å². The maximum absolute atomic E-state index is 3.31. The zero-order chi connectivity index (χ0) is 87.3. The summed E-state index contributed by atoms with van der Waals surface area (Å²) in [6, 6.07) is 71.6. The van der Waals surface area contributed by atoms with E-state index >= 15 is 0 Å². The van der Waals surface area contributed by atoms with Crippen molar-refractivity contribution in [3.63, 3.8) is 0 Å². The first kappa shape index (κ1) is 102. The summed E-state index contributed by atoms with van der Waals surface area (Å²) in [4.78, 5) is 6.50. The Labute approximate surface area is 722 Å². The maximum Gasteiger partial charge on any atom is 0.0456 e. The smallest absolute Gasteiger partial charge is 0.0456 e. The van der Waals surface area contributed by atoms with Gasteiger partial charge in [0.2, 0.25) is 0 Å². The van der Waals surface area contributed by atoms with Crippen molar-refractivity contribution in [2.24, 2.45) is 66.5 Å². The van der Waals surface area contributed by atoms with Crippen LogP contribution < -0.4 is 0 Å². The fourth-order valence-corrected chi connectivity index (χ4v) is 15.0. The molecule has 0 spiro atoms. The first-order chi connectivity index (χ1) is 54.3. The molecule has 0 unspecified atom stereocenters. The van der Waals surface area contributed by atoms with Gasteiger partial charge in [0.25, 0.3) is 0 Å². The van der Waals surface area contributed by atoms with E-state index in [4.69, 9.17) is 0 Å². The lowest BCUT2D eigenvalue weighted by Crippen LogP contribution is -2.15. The molecule has 117 heavy (non-hydrogen) atoms. The molecule has 2 heteroatoms. The molecule has 8 aromatic carbocycles. The lowest BCUT2D eigenvalue weighted by atomic mass is 9.78. The van der Waals surface area contributed by atoms with Crippen LogP contribution in [-0.4, -0.2) is 9.97 Å². The molecule has 0 bridgehead atoms. The van der Waals surface area contributed by atoms with Gasteiger partial charge >= 0.3 is 0 Å². The molecule has 2 saturated carbocycles. The summed E-state index contributed by atoms with van der Waals surface area (Å²) in [6.07, 6.45) is 35.2. The van der Waals surface area contributed by atoms with E-state index in [1.807, 2.05) is 12.3 Å². The van der Waals surface area contributed by atoms with E-state index in [0.717, 1.165) is 43.4 Å². The van der Waals surface area contributed by atoms with Crippen molar-refractivity contribution in [2.75, 3.05) is 0 Å². The number of H-pyrrole nitrogens is 2. The number of rotatable bonds is 14. The van der Waals surface area contributed by atoms with Gasteiger partial charge in [0, 0.05) is 29.0 Å². The molecule has 0 saturated heterocycles. The molecule has 2 N–H and O–H groups in total. The van der Waals surface area contributed by atoms with E-state index < -0.39 is 0 Å². The Morgan fingerprint density at radius 1 is 0.282 bits per heavy atom. The van der Waals surface area contributed by atoms with E-state index in [2.05, 4.69) is 418 Å². The minimum absolute atomic E-state index is 0.351. The van der Waals surface area contributed by atoms with Crippen LogP contribution in [0.3, 0.4) is 0 Å². The molecule has 0 radical (unpaired) electrons. The Kier molecular flexibility index (Phi) is 43.0. The summed E-state index contributed by atoms with van der Waals surface area (Å²) in [7, 11) is 0. The highest BCUT2D eigenvalue weighted by atomic mass is 14.7. The first-order valence-corrected chi connectivity index (χ1v) is 46.1. The van der Waals surface area contributed by atoms with Crippen molar-refractivity contribution in [2.45, 2.75) is 355 Å². The van der Waals surface area contributed by atoms with Crippen LogP contribution in [-0.2, 0) is 44.9 Å². The molecule has 2 aliphatic carbocycles. The van der Waals surface area contributed by atoms with Gasteiger partial charge in [-0.05, 0) is 243 Å². The van der Waals surface area contributed by atoms with Crippen LogP contribution in [0.25, 0.3) is 32.4 Å². The normalized spacial score (nSPS) is 14.9. The van der Waals surface area contributed by atoms with E-state index in [1.165, 1.54) is 205 Å². The predicted octanol–water partition coefficient (Wildman–Crippen LogP) is 35.9. The highest BCUT2D eigenvalue weighted by Crippen LogP contribution is 2.36. The molecule has 2 aliphatic rings. The standard InChI is InChI=1S/2C15H18.C13H17N.C13H26.2C13H20.C12H24.C12H18.C9H15N/c1-15(2,3)11-13-9-6-8-12-7-4-5-10-14(12)13;1-15(2,3)11-12-8-9-13-6-4-5-7-14(13)10-12;1-13(2,3)8-10-9-14-12-7-5-4-6-11(10)12;3*1-11-5-7-12(8-6-11)9-10-13(2,3)4;2*1-12(2,3)10-9-11-7-5-4-6-8-11;1-9(2,3)7-8-5-4-6-10-8/h2*4-10H,11H2,1-3H3;4-7,9,14H,8H2,1-3H3;11-12H,5-10H2,1-4H3;2*5-8H,9-10H2,1-4H3;11H,4-10H2,1-3H3;4-8H,9-10H2,1-3H3;4-6,10H,7H2,1-3H3. The number of aryl methyl sites for hydroxylation is 5. The largest absolute Gasteiger partial charge is 0.365 e. The van der Waals surface area contributed by atoms with Crippen molar-refractivity contribution >= 4 is 32.4 Å². The van der Waals surface area contributed by atoms with E-state index in [9.17, 15) is 0 Å². The van der Waals surface area contributed by atoms with Crippen molar-refractivity contribution < 1.29 is 0 Å². The van der Waals surface area contributed by atoms with E-state index in [-0.39, 0.29) is 0 Å². The zero-order valence-electron chi connectivity index (χ0n) is 81.2. The van der Waals surface area contributed by atoms with Crippen LogP contribution >= 0.6 is 0 Å². The average Bonchev–Trinajstić information content (AvgIpc) is 1.82. The van der Waals surface area contributed by atoms with Crippen molar-refractivity contribution in [3.05, 3.63) is 263 Å². The second-order valence-electron chi connectivity index (χ2n) is 46.3. The molecule has 0 atom stereocenters.